The number of carbonyl (C=O) groups is 3. The van der Waals surface area contributed by atoms with Crippen molar-refractivity contribution in [3.05, 3.63) is 89.5 Å². The van der Waals surface area contributed by atoms with E-state index < -0.39 is 30.0 Å². The van der Waals surface area contributed by atoms with Gasteiger partial charge in [0.2, 0.25) is 5.75 Å². The van der Waals surface area contributed by atoms with Crippen molar-refractivity contribution in [2.75, 3.05) is 7.11 Å². The summed E-state index contributed by atoms with van der Waals surface area (Å²) in [7, 11) is 1.36. The summed E-state index contributed by atoms with van der Waals surface area (Å²) in [6.07, 6.45) is 0.676. The number of pyridine rings is 1. The second-order valence-electron chi connectivity index (χ2n) is 8.06. The van der Waals surface area contributed by atoms with E-state index in [1.165, 1.54) is 45.4 Å². The lowest BCUT2D eigenvalue weighted by Crippen LogP contribution is -2.41. The number of methoxy groups -OCH3 is 1. The van der Waals surface area contributed by atoms with Gasteiger partial charge in [-0.3, -0.25) is 9.59 Å². The van der Waals surface area contributed by atoms with E-state index in [0.29, 0.717) is 0 Å². The first kappa shape index (κ1) is 26.3. The Morgan fingerprint density at radius 2 is 1.58 bits per heavy atom. The zero-order valence-corrected chi connectivity index (χ0v) is 20.4. The molecule has 0 bridgehead atoms. The molecule has 9 heteroatoms. The van der Waals surface area contributed by atoms with E-state index in [4.69, 9.17) is 14.2 Å². The molecule has 0 saturated heterocycles. The number of nitrogens with one attached hydrogen (secondary N) is 1. The molecule has 0 radical (unpaired) electrons. The Hall–Kier alpha value is -4.27. The van der Waals surface area contributed by atoms with E-state index in [9.17, 15) is 18.8 Å². The number of esters is 2. The van der Waals surface area contributed by atoms with E-state index in [1.54, 1.807) is 19.1 Å². The first-order valence-electron chi connectivity index (χ1n) is 11.2. The third kappa shape index (κ3) is 6.44. The lowest BCUT2D eigenvalue weighted by atomic mass is 9.87. The molecule has 0 unspecified atom stereocenters. The van der Waals surface area contributed by atoms with Gasteiger partial charge in [0, 0.05) is 25.1 Å². The van der Waals surface area contributed by atoms with E-state index in [-0.39, 0.29) is 28.9 Å². The Kier molecular flexibility index (Phi) is 8.72. The molecular weight excluding hydrogens is 467 g/mol. The first-order chi connectivity index (χ1) is 17.2. The van der Waals surface area contributed by atoms with Gasteiger partial charge in [-0.25, -0.2) is 14.2 Å². The summed E-state index contributed by atoms with van der Waals surface area (Å²) in [5.41, 5.74) is 1.43. The summed E-state index contributed by atoms with van der Waals surface area (Å²) >= 11 is 0. The Bertz CT molecular complexity index is 1220. The highest BCUT2D eigenvalue weighted by Crippen LogP contribution is 2.31. The minimum Gasteiger partial charge on any atom is -0.493 e. The fourth-order valence-electron chi connectivity index (χ4n) is 3.74. The van der Waals surface area contributed by atoms with Crippen LogP contribution in [0.1, 0.15) is 48.3 Å². The molecule has 0 saturated carbocycles. The van der Waals surface area contributed by atoms with Crippen LogP contribution in [0.2, 0.25) is 0 Å². The van der Waals surface area contributed by atoms with Crippen LogP contribution in [0.15, 0.2) is 66.9 Å². The fraction of sp³-hybridized carbons (Fsp3) is 0.259. The number of hydrogen-bond donors (Lipinski definition) is 1. The van der Waals surface area contributed by atoms with Crippen molar-refractivity contribution in [1.29, 1.82) is 0 Å². The zero-order chi connectivity index (χ0) is 26.2. The van der Waals surface area contributed by atoms with Gasteiger partial charge in [0.05, 0.1) is 7.11 Å². The number of rotatable bonds is 9. The molecular formula is C27H27FN2O6. The minimum atomic E-state index is -1.05. The van der Waals surface area contributed by atoms with Crippen molar-refractivity contribution in [3.63, 3.8) is 0 Å². The third-order valence-electron chi connectivity index (χ3n) is 5.41. The Morgan fingerprint density at radius 1 is 0.944 bits per heavy atom. The van der Waals surface area contributed by atoms with Crippen molar-refractivity contribution < 1.29 is 33.0 Å². The molecule has 188 valence electrons. The van der Waals surface area contributed by atoms with Gasteiger partial charge in [-0.15, -0.1) is 0 Å². The summed E-state index contributed by atoms with van der Waals surface area (Å²) in [5, 5.41) is 2.52. The predicted octanol–water partition coefficient (Wildman–Crippen LogP) is 4.04. The van der Waals surface area contributed by atoms with Gasteiger partial charge in [-0.1, -0.05) is 42.5 Å². The molecule has 0 spiro atoms. The van der Waals surface area contributed by atoms with Crippen molar-refractivity contribution in [1.82, 2.24) is 10.3 Å². The molecule has 1 heterocycles. The topological polar surface area (TPSA) is 104 Å². The van der Waals surface area contributed by atoms with Gasteiger partial charge >= 0.3 is 11.9 Å². The summed E-state index contributed by atoms with van der Waals surface area (Å²) in [6.45, 7) is 4.38. The molecule has 3 rings (SSSR count). The maximum atomic E-state index is 13.5. The SMILES string of the molecule is COc1ccnc(C(=O)N[C@@H](C)C(=O)O[C@@H](C)[C@@H](c2ccccc2)c2ccc(F)cc2)c1OC(C)=O. The van der Waals surface area contributed by atoms with E-state index in [2.05, 4.69) is 10.3 Å². The number of nitrogens with zero attached hydrogens (tertiary/aromatic N) is 1. The first-order valence-corrected chi connectivity index (χ1v) is 11.2. The zero-order valence-electron chi connectivity index (χ0n) is 20.4. The van der Waals surface area contributed by atoms with Crippen molar-refractivity contribution in [3.8, 4) is 11.5 Å². The van der Waals surface area contributed by atoms with Crippen LogP contribution in [0, 0.1) is 5.82 Å². The highest BCUT2D eigenvalue weighted by atomic mass is 19.1. The van der Waals surface area contributed by atoms with E-state index in [0.717, 1.165) is 11.1 Å². The van der Waals surface area contributed by atoms with Crippen LogP contribution in [0.25, 0.3) is 0 Å². The number of hydrogen-bond acceptors (Lipinski definition) is 7. The Labute approximate surface area is 208 Å². The fourth-order valence-corrected chi connectivity index (χ4v) is 3.74. The maximum absolute atomic E-state index is 13.5. The summed E-state index contributed by atoms with van der Waals surface area (Å²) in [4.78, 5) is 41.2. The molecule has 3 aromatic rings. The van der Waals surface area contributed by atoms with Gasteiger partial charge in [0.1, 0.15) is 18.0 Å². The minimum absolute atomic E-state index is 0.138. The van der Waals surface area contributed by atoms with Crippen LogP contribution in [0.3, 0.4) is 0 Å². The molecule has 1 aromatic heterocycles. The van der Waals surface area contributed by atoms with Crippen LogP contribution in [-0.4, -0.2) is 42.1 Å². The lowest BCUT2D eigenvalue weighted by Gasteiger charge is -2.26. The quantitative estimate of drug-likeness (QED) is 0.448. The number of aromatic nitrogens is 1. The average Bonchev–Trinajstić information content (AvgIpc) is 2.85. The second kappa shape index (κ2) is 11.9. The number of carbonyl (C=O) groups excluding carboxylic acids is 3. The van der Waals surface area contributed by atoms with Gasteiger partial charge in [-0.05, 0) is 37.1 Å². The number of halogens is 1. The molecule has 0 aliphatic rings. The van der Waals surface area contributed by atoms with Crippen molar-refractivity contribution in [2.24, 2.45) is 0 Å². The normalized spacial score (nSPS) is 13.1. The third-order valence-corrected chi connectivity index (χ3v) is 5.41. The summed E-state index contributed by atoms with van der Waals surface area (Å²) in [5.74, 6) is -2.85. The molecule has 8 nitrogen and oxygen atoms in total. The van der Waals surface area contributed by atoms with Crippen LogP contribution in [0.4, 0.5) is 4.39 Å². The molecule has 0 fully saturated rings. The molecule has 1 N–H and O–H groups in total. The van der Waals surface area contributed by atoms with E-state index in [1.807, 2.05) is 30.3 Å². The standard InChI is InChI=1S/C27H27FN2O6/c1-16(30-26(32)24-25(36-18(3)31)22(34-4)14-15-29-24)27(33)35-17(2)23(19-8-6-5-7-9-19)20-10-12-21(28)13-11-20/h5-17,23H,1-4H3,(H,30,32)/t16-,17-,23-/m0/s1. The van der Waals surface area contributed by atoms with Crippen LogP contribution in [0.5, 0.6) is 11.5 Å². The molecule has 1 amide bonds. The van der Waals surface area contributed by atoms with Crippen molar-refractivity contribution in [2.45, 2.75) is 38.8 Å². The van der Waals surface area contributed by atoms with Gasteiger partial charge in [0.15, 0.2) is 11.4 Å². The summed E-state index contributed by atoms with van der Waals surface area (Å²) in [6, 6.07) is 15.8. The number of amides is 1. The lowest BCUT2D eigenvalue weighted by molar-refractivity contribution is -0.150. The second-order valence-corrected chi connectivity index (χ2v) is 8.06. The Balaban J connectivity index is 1.77. The van der Waals surface area contributed by atoms with Gasteiger partial charge < -0.3 is 19.5 Å². The molecule has 36 heavy (non-hydrogen) atoms. The maximum Gasteiger partial charge on any atom is 0.328 e. The smallest absolute Gasteiger partial charge is 0.328 e. The predicted molar refractivity (Wildman–Crippen MR) is 129 cm³/mol. The van der Waals surface area contributed by atoms with Crippen molar-refractivity contribution >= 4 is 17.8 Å². The molecule has 2 aromatic carbocycles. The number of ether oxygens (including phenoxy) is 3. The van der Waals surface area contributed by atoms with Gasteiger partial charge in [-0.2, -0.15) is 0 Å². The van der Waals surface area contributed by atoms with Gasteiger partial charge in [0.25, 0.3) is 5.91 Å². The molecule has 0 aliphatic heterocycles. The summed E-state index contributed by atoms with van der Waals surface area (Å²) < 4.78 is 29.5. The van der Waals surface area contributed by atoms with Crippen LogP contribution >= 0.6 is 0 Å². The Morgan fingerprint density at radius 3 is 2.19 bits per heavy atom. The van der Waals surface area contributed by atoms with Crippen LogP contribution in [-0.2, 0) is 14.3 Å². The molecule has 3 atom stereocenters. The molecule has 0 aliphatic carbocycles. The highest BCUT2D eigenvalue weighted by molar-refractivity contribution is 5.98. The largest absolute Gasteiger partial charge is 0.493 e. The monoisotopic (exact) mass is 494 g/mol. The highest BCUT2D eigenvalue weighted by Gasteiger charge is 2.29. The number of benzene rings is 2. The van der Waals surface area contributed by atoms with E-state index >= 15 is 0 Å². The van der Waals surface area contributed by atoms with Crippen LogP contribution < -0.4 is 14.8 Å². The average molecular weight is 495 g/mol.